The largest absolute Gasteiger partial charge is 0.393 e. The van der Waals surface area contributed by atoms with Crippen LogP contribution in [0.3, 0.4) is 0 Å². The first-order chi connectivity index (χ1) is 8.31. The molecule has 18 heavy (non-hydrogen) atoms. The molecule has 0 radical (unpaired) electrons. The average Bonchev–Trinajstić information content (AvgIpc) is 2.12. The van der Waals surface area contributed by atoms with E-state index < -0.39 is 29.2 Å². The number of amides is 1. The Balaban J connectivity index is 2.85. The molecular formula is C12H14BrF2NO2. The summed E-state index contributed by atoms with van der Waals surface area (Å²) < 4.78 is 27.2. The Kier molecular flexibility index (Phi) is 5.22. The Morgan fingerprint density at radius 3 is 2.33 bits per heavy atom. The molecule has 0 saturated carbocycles. The molecule has 0 aliphatic heterocycles. The topological polar surface area (TPSA) is 49.3 Å². The maximum Gasteiger partial charge on any atom is 0.257 e. The van der Waals surface area contributed by atoms with Crippen molar-refractivity contribution in [1.29, 1.82) is 0 Å². The fourth-order valence-electron chi connectivity index (χ4n) is 1.63. The average molecular weight is 322 g/mol. The molecule has 0 heterocycles. The second-order valence-corrected chi connectivity index (χ2v) is 5.12. The molecule has 1 aromatic carbocycles. The number of carbonyl (C=O) groups excluding carboxylic acids is 1. The quantitative estimate of drug-likeness (QED) is 0.895. The van der Waals surface area contributed by atoms with E-state index in [0.717, 1.165) is 12.1 Å². The number of hydrogen-bond donors (Lipinski definition) is 2. The molecule has 1 aromatic rings. The van der Waals surface area contributed by atoms with Gasteiger partial charge in [0.25, 0.3) is 5.91 Å². The van der Waals surface area contributed by atoms with Gasteiger partial charge in [-0.25, -0.2) is 8.78 Å². The molecule has 2 N–H and O–H groups in total. The van der Waals surface area contributed by atoms with Gasteiger partial charge in [-0.15, -0.1) is 0 Å². The highest BCUT2D eigenvalue weighted by Gasteiger charge is 2.20. The monoisotopic (exact) mass is 321 g/mol. The van der Waals surface area contributed by atoms with Crippen LogP contribution in [0.1, 0.15) is 30.6 Å². The molecule has 0 saturated heterocycles. The molecule has 0 fully saturated rings. The van der Waals surface area contributed by atoms with Gasteiger partial charge in [-0.1, -0.05) is 15.9 Å². The van der Waals surface area contributed by atoms with E-state index in [0.29, 0.717) is 6.42 Å². The minimum atomic E-state index is -0.927. The third kappa shape index (κ3) is 4.03. The van der Waals surface area contributed by atoms with Crippen molar-refractivity contribution < 1.29 is 18.7 Å². The van der Waals surface area contributed by atoms with Gasteiger partial charge < -0.3 is 10.4 Å². The number of aliphatic hydroxyl groups excluding tert-OH is 1. The summed E-state index contributed by atoms with van der Waals surface area (Å²) in [7, 11) is 0. The molecule has 2 unspecified atom stereocenters. The Morgan fingerprint density at radius 2 is 1.89 bits per heavy atom. The number of benzene rings is 1. The summed E-state index contributed by atoms with van der Waals surface area (Å²) in [5, 5.41) is 11.6. The van der Waals surface area contributed by atoms with E-state index in [9.17, 15) is 13.6 Å². The number of halogens is 3. The van der Waals surface area contributed by atoms with Crippen LogP contribution in [-0.4, -0.2) is 23.2 Å². The van der Waals surface area contributed by atoms with Crippen LogP contribution in [0.25, 0.3) is 0 Å². The Morgan fingerprint density at radius 1 is 1.39 bits per heavy atom. The van der Waals surface area contributed by atoms with Gasteiger partial charge in [0.1, 0.15) is 17.2 Å². The minimum Gasteiger partial charge on any atom is -0.393 e. The molecular weight excluding hydrogens is 308 g/mol. The fourth-order valence-corrected chi connectivity index (χ4v) is 2.03. The van der Waals surface area contributed by atoms with Crippen LogP contribution in [0, 0.1) is 11.6 Å². The molecule has 0 spiro atoms. The van der Waals surface area contributed by atoms with E-state index in [2.05, 4.69) is 21.2 Å². The molecule has 0 bridgehead atoms. The zero-order valence-corrected chi connectivity index (χ0v) is 11.6. The van der Waals surface area contributed by atoms with Gasteiger partial charge in [0, 0.05) is 10.5 Å². The van der Waals surface area contributed by atoms with Crippen LogP contribution in [0.2, 0.25) is 0 Å². The molecule has 0 aliphatic rings. The molecule has 3 nitrogen and oxygen atoms in total. The molecule has 1 rings (SSSR count). The first-order valence-corrected chi connectivity index (χ1v) is 6.24. The predicted molar refractivity (Wildman–Crippen MR) is 67.3 cm³/mol. The SMILES string of the molecule is CC(O)CC(C)NC(=O)c1c(F)cc(Br)cc1F. The molecule has 1 amide bonds. The van der Waals surface area contributed by atoms with E-state index in [1.807, 2.05) is 0 Å². The molecule has 6 heteroatoms. The van der Waals surface area contributed by atoms with E-state index in [1.165, 1.54) is 0 Å². The lowest BCUT2D eigenvalue weighted by Crippen LogP contribution is -2.35. The lowest BCUT2D eigenvalue weighted by Gasteiger charge is -2.16. The maximum atomic E-state index is 13.5. The highest BCUT2D eigenvalue weighted by Crippen LogP contribution is 2.19. The summed E-state index contributed by atoms with van der Waals surface area (Å²) in [5.74, 6) is -2.68. The van der Waals surface area contributed by atoms with Crippen molar-refractivity contribution in [3.8, 4) is 0 Å². The summed E-state index contributed by atoms with van der Waals surface area (Å²) in [5.41, 5.74) is -0.615. The summed E-state index contributed by atoms with van der Waals surface area (Å²) >= 11 is 2.94. The van der Waals surface area contributed by atoms with Crippen LogP contribution in [0.4, 0.5) is 8.78 Å². The Bertz CT molecular complexity index is 429. The summed E-state index contributed by atoms with van der Waals surface area (Å²) in [4.78, 5) is 11.7. The normalized spacial score (nSPS) is 14.1. The second-order valence-electron chi connectivity index (χ2n) is 4.20. The van der Waals surface area contributed by atoms with Gasteiger partial charge in [0.05, 0.1) is 6.10 Å². The van der Waals surface area contributed by atoms with Gasteiger partial charge in [0.15, 0.2) is 0 Å². The van der Waals surface area contributed by atoms with Crippen LogP contribution in [0.5, 0.6) is 0 Å². The summed E-state index contributed by atoms with van der Waals surface area (Å²) in [6, 6.07) is 1.68. The van der Waals surface area contributed by atoms with Crippen molar-refractivity contribution >= 4 is 21.8 Å². The van der Waals surface area contributed by atoms with Gasteiger partial charge in [-0.2, -0.15) is 0 Å². The Hall–Kier alpha value is -1.01. The van der Waals surface area contributed by atoms with Crippen molar-refractivity contribution in [2.45, 2.75) is 32.4 Å². The van der Waals surface area contributed by atoms with E-state index in [1.54, 1.807) is 13.8 Å². The zero-order valence-electron chi connectivity index (χ0n) is 10.0. The second kappa shape index (κ2) is 6.24. The minimum absolute atomic E-state index is 0.228. The number of nitrogens with one attached hydrogen (secondary N) is 1. The zero-order chi connectivity index (χ0) is 13.9. The van der Waals surface area contributed by atoms with Gasteiger partial charge in [-0.05, 0) is 32.4 Å². The fraction of sp³-hybridized carbons (Fsp3) is 0.417. The predicted octanol–water partition coefficient (Wildman–Crippen LogP) is 2.62. The third-order valence-electron chi connectivity index (χ3n) is 2.31. The van der Waals surface area contributed by atoms with Crippen molar-refractivity contribution in [3.63, 3.8) is 0 Å². The first kappa shape index (κ1) is 15.0. The van der Waals surface area contributed by atoms with E-state index in [4.69, 9.17) is 5.11 Å². The first-order valence-electron chi connectivity index (χ1n) is 5.44. The van der Waals surface area contributed by atoms with Crippen LogP contribution < -0.4 is 5.32 Å². The van der Waals surface area contributed by atoms with Gasteiger partial charge in [-0.3, -0.25) is 4.79 Å². The van der Waals surface area contributed by atoms with Crippen LogP contribution in [0.15, 0.2) is 16.6 Å². The van der Waals surface area contributed by atoms with Crippen molar-refractivity contribution in [2.75, 3.05) is 0 Å². The third-order valence-corrected chi connectivity index (χ3v) is 2.76. The lowest BCUT2D eigenvalue weighted by molar-refractivity contribution is 0.0914. The van der Waals surface area contributed by atoms with Crippen molar-refractivity contribution in [2.24, 2.45) is 0 Å². The van der Waals surface area contributed by atoms with Gasteiger partial charge >= 0.3 is 0 Å². The van der Waals surface area contributed by atoms with E-state index in [-0.39, 0.29) is 10.5 Å². The highest BCUT2D eigenvalue weighted by molar-refractivity contribution is 9.10. The van der Waals surface area contributed by atoms with Crippen LogP contribution >= 0.6 is 15.9 Å². The summed E-state index contributed by atoms with van der Waals surface area (Å²) in [6.45, 7) is 3.22. The lowest BCUT2D eigenvalue weighted by atomic mass is 10.1. The van der Waals surface area contributed by atoms with Gasteiger partial charge in [0.2, 0.25) is 0 Å². The van der Waals surface area contributed by atoms with Crippen molar-refractivity contribution in [1.82, 2.24) is 5.32 Å². The molecule has 100 valence electrons. The van der Waals surface area contributed by atoms with Crippen molar-refractivity contribution in [3.05, 3.63) is 33.8 Å². The highest BCUT2D eigenvalue weighted by atomic mass is 79.9. The number of aliphatic hydroxyl groups is 1. The smallest absolute Gasteiger partial charge is 0.257 e. The molecule has 0 aromatic heterocycles. The maximum absolute atomic E-state index is 13.5. The molecule has 2 atom stereocenters. The number of rotatable bonds is 4. The van der Waals surface area contributed by atoms with E-state index >= 15 is 0 Å². The van der Waals surface area contributed by atoms with Crippen LogP contribution in [-0.2, 0) is 0 Å². The number of carbonyl (C=O) groups is 1. The Labute approximate surface area is 112 Å². The summed E-state index contributed by atoms with van der Waals surface area (Å²) in [6.07, 6.45) is -0.286. The number of hydrogen-bond acceptors (Lipinski definition) is 2. The molecule has 0 aliphatic carbocycles. The standard InChI is InChI=1S/C12H14BrF2NO2/c1-6(3-7(2)17)16-12(18)11-9(14)4-8(13)5-10(11)15/h4-7,17H,3H2,1-2H3,(H,16,18).